The Hall–Kier alpha value is -4.17. The second-order valence-corrected chi connectivity index (χ2v) is 8.55. The molecule has 6 rings (SSSR count). The number of nitrogens with one attached hydrogen (secondary N) is 1. The van der Waals surface area contributed by atoms with Crippen LogP contribution >= 0.6 is 0 Å². The van der Waals surface area contributed by atoms with Gasteiger partial charge in [-0.05, 0) is 53.4 Å². The number of rotatable bonds is 4. The fraction of sp³-hybridized carbons (Fsp3) is 0.0645. The van der Waals surface area contributed by atoms with Gasteiger partial charge >= 0.3 is 0 Å². The van der Waals surface area contributed by atoms with Crippen LogP contribution in [0, 0.1) is 5.41 Å². The molecule has 0 radical (unpaired) electrons. The maximum absolute atomic E-state index is 9.08. The van der Waals surface area contributed by atoms with E-state index in [2.05, 4.69) is 78.9 Å². The Bertz CT molecular complexity index is 1550. The summed E-state index contributed by atoms with van der Waals surface area (Å²) in [6.07, 6.45) is 9.65. The lowest BCUT2D eigenvalue weighted by molar-refractivity contribution is 0.669. The molecule has 1 atom stereocenters. The molecule has 1 aromatic heterocycles. The minimum Gasteiger partial charge on any atom is -0.456 e. The van der Waals surface area contributed by atoms with Gasteiger partial charge in [0.05, 0.1) is 5.71 Å². The van der Waals surface area contributed by atoms with Crippen molar-refractivity contribution in [1.29, 1.82) is 5.41 Å². The zero-order chi connectivity index (χ0) is 22.2. The number of fused-ring (bicyclic) bond motifs is 3. The van der Waals surface area contributed by atoms with Crippen LogP contribution in [0.4, 0.5) is 0 Å². The summed E-state index contributed by atoms with van der Waals surface area (Å²) in [4.78, 5) is 0. The first-order valence-electron chi connectivity index (χ1n) is 11.3. The SMILES string of the molecule is N=C(c1cc(-c2ccccc2)cc(C2C=CC=CC2)c1)c1ccc2c(c1)oc1ccccc12. The third kappa shape index (κ3) is 3.60. The Labute approximate surface area is 193 Å². The van der Waals surface area contributed by atoms with Crippen LogP contribution in [0.5, 0.6) is 0 Å². The van der Waals surface area contributed by atoms with Gasteiger partial charge in [-0.2, -0.15) is 0 Å². The molecule has 1 unspecified atom stereocenters. The molecule has 2 nitrogen and oxygen atoms in total. The molecule has 0 saturated heterocycles. The highest BCUT2D eigenvalue weighted by atomic mass is 16.3. The summed E-state index contributed by atoms with van der Waals surface area (Å²) in [5.41, 5.74) is 7.52. The summed E-state index contributed by atoms with van der Waals surface area (Å²) in [6, 6.07) is 31.2. The van der Waals surface area contributed by atoms with Gasteiger partial charge in [-0.1, -0.05) is 85.0 Å². The van der Waals surface area contributed by atoms with Gasteiger partial charge in [-0.3, -0.25) is 5.41 Å². The Morgan fingerprint density at radius 3 is 2.36 bits per heavy atom. The molecule has 1 N–H and O–H groups in total. The van der Waals surface area contributed by atoms with Gasteiger partial charge in [-0.15, -0.1) is 0 Å². The molecule has 0 saturated carbocycles. The van der Waals surface area contributed by atoms with Crippen molar-refractivity contribution in [2.75, 3.05) is 0 Å². The molecule has 1 aliphatic carbocycles. The summed E-state index contributed by atoms with van der Waals surface area (Å²) < 4.78 is 6.08. The smallest absolute Gasteiger partial charge is 0.136 e. The minimum atomic E-state index is 0.322. The molecule has 0 bridgehead atoms. The molecule has 1 heterocycles. The highest BCUT2D eigenvalue weighted by molar-refractivity contribution is 6.14. The van der Waals surface area contributed by atoms with Crippen LogP contribution in [0.1, 0.15) is 29.0 Å². The number of hydrogen-bond acceptors (Lipinski definition) is 2. The summed E-state index contributed by atoms with van der Waals surface area (Å²) in [7, 11) is 0. The Kier molecular flexibility index (Phi) is 4.77. The molecule has 0 spiro atoms. The van der Waals surface area contributed by atoms with Crippen LogP contribution in [0.15, 0.2) is 120 Å². The first-order valence-corrected chi connectivity index (χ1v) is 11.3. The van der Waals surface area contributed by atoms with Crippen molar-refractivity contribution >= 4 is 27.7 Å². The minimum absolute atomic E-state index is 0.322. The molecule has 0 fully saturated rings. The van der Waals surface area contributed by atoms with Gasteiger partial charge in [0.2, 0.25) is 0 Å². The van der Waals surface area contributed by atoms with Crippen molar-refractivity contribution in [3.05, 3.63) is 132 Å². The van der Waals surface area contributed by atoms with Crippen molar-refractivity contribution in [1.82, 2.24) is 0 Å². The van der Waals surface area contributed by atoms with E-state index in [1.807, 2.05) is 36.4 Å². The van der Waals surface area contributed by atoms with Gasteiger partial charge in [0.25, 0.3) is 0 Å². The third-order valence-electron chi connectivity index (χ3n) is 6.43. The average molecular weight is 426 g/mol. The van der Waals surface area contributed by atoms with E-state index in [0.717, 1.165) is 50.6 Å². The maximum Gasteiger partial charge on any atom is 0.136 e. The lowest BCUT2D eigenvalue weighted by Crippen LogP contribution is -2.05. The second-order valence-electron chi connectivity index (χ2n) is 8.55. The van der Waals surface area contributed by atoms with Gasteiger partial charge < -0.3 is 4.42 Å². The standard InChI is InChI=1S/C31H23NO/c32-31(23-15-16-28-27-13-7-8-14-29(27)33-30(28)20-23)26-18-24(21-9-3-1-4-10-21)17-25(19-26)22-11-5-2-6-12-22/h1-11,13-20,22,32H,12H2. The van der Waals surface area contributed by atoms with Crippen LogP contribution in [-0.2, 0) is 0 Å². The van der Waals surface area contributed by atoms with Gasteiger partial charge in [0.1, 0.15) is 11.2 Å². The van der Waals surface area contributed by atoms with Gasteiger partial charge in [0, 0.05) is 27.8 Å². The summed E-state index contributed by atoms with van der Waals surface area (Å²) in [5.74, 6) is 0.322. The van der Waals surface area contributed by atoms with Crippen LogP contribution in [0.3, 0.4) is 0 Å². The van der Waals surface area contributed by atoms with Crippen molar-refractivity contribution in [2.24, 2.45) is 0 Å². The zero-order valence-corrected chi connectivity index (χ0v) is 18.2. The number of benzene rings is 4. The largest absolute Gasteiger partial charge is 0.456 e. The number of para-hydroxylation sites is 1. The molecule has 0 amide bonds. The quantitative estimate of drug-likeness (QED) is 0.289. The van der Waals surface area contributed by atoms with E-state index in [1.54, 1.807) is 0 Å². The lowest BCUT2D eigenvalue weighted by Gasteiger charge is -2.17. The first kappa shape index (κ1) is 19.5. The van der Waals surface area contributed by atoms with E-state index in [-0.39, 0.29) is 0 Å². The van der Waals surface area contributed by atoms with Crippen molar-refractivity contribution in [3.63, 3.8) is 0 Å². The van der Waals surface area contributed by atoms with E-state index in [0.29, 0.717) is 11.6 Å². The van der Waals surface area contributed by atoms with E-state index in [1.165, 1.54) is 5.56 Å². The Balaban J connectivity index is 1.46. The highest BCUT2D eigenvalue weighted by Crippen LogP contribution is 2.33. The van der Waals surface area contributed by atoms with Crippen LogP contribution in [0.25, 0.3) is 33.1 Å². The van der Waals surface area contributed by atoms with Crippen molar-refractivity contribution < 1.29 is 4.42 Å². The number of hydrogen-bond donors (Lipinski definition) is 1. The predicted molar refractivity (Wildman–Crippen MR) is 137 cm³/mol. The van der Waals surface area contributed by atoms with E-state index in [9.17, 15) is 0 Å². The molecular formula is C31H23NO. The topological polar surface area (TPSA) is 37.0 Å². The molecule has 0 aliphatic heterocycles. The van der Waals surface area contributed by atoms with Gasteiger partial charge in [-0.25, -0.2) is 0 Å². The van der Waals surface area contributed by atoms with E-state index < -0.39 is 0 Å². The monoisotopic (exact) mass is 425 g/mol. The summed E-state index contributed by atoms with van der Waals surface area (Å²) >= 11 is 0. The van der Waals surface area contributed by atoms with Crippen LogP contribution in [0.2, 0.25) is 0 Å². The van der Waals surface area contributed by atoms with Crippen LogP contribution < -0.4 is 0 Å². The Morgan fingerprint density at radius 2 is 1.52 bits per heavy atom. The molecular weight excluding hydrogens is 402 g/mol. The number of allylic oxidation sites excluding steroid dienone is 4. The summed E-state index contributed by atoms with van der Waals surface area (Å²) in [5, 5.41) is 11.3. The predicted octanol–water partition coefficient (Wildman–Crippen LogP) is 8.27. The molecule has 158 valence electrons. The normalized spacial score (nSPS) is 15.3. The van der Waals surface area contributed by atoms with E-state index in [4.69, 9.17) is 9.83 Å². The van der Waals surface area contributed by atoms with E-state index >= 15 is 0 Å². The Morgan fingerprint density at radius 1 is 0.697 bits per heavy atom. The lowest BCUT2D eigenvalue weighted by atomic mass is 9.87. The molecule has 33 heavy (non-hydrogen) atoms. The first-order chi connectivity index (χ1) is 16.3. The highest BCUT2D eigenvalue weighted by Gasteiger charge is 2.16. The van der Waals surface area contributed by atoms with Crippen LogP contribution in [-0.4, -0.2) is 5.71 Å². The van der Waals surface area contributed by atoms with Crippen molar-refractivity contribution in [2.45, 2.75) is 12.3 Å². The molecule has 4 aromatic carbocycles. The maximum atomic E-state index is 9.08. The molecule has 1 aliphatic rings. The molecule has 2 heteroatoms. The average Bonchev–Trinajstić information content (AvgIpc) is 3.27. The number of furan rings is 1. The van der Waals surface area contributed by atoms with Gasteiger partial charge in [0.15, 0.2) is 0 Å². The molecule has 5 aromatic rings. The second kappa shape index (κ2) is 8.07. The summed E-state index contributed by atoms with van der Waals surface area (Å²) in [6.45, 7) is 0. The fourth-order valence-electron chi connectivity index (χ4n) is 4.68. The third-order valence-corrected chi connectivity index (χ3v) is 6.43. The van der Waals surface area contributed by atoms with Crippen molar-refractivity contribution in [3.8, 4) is 11.1 Å². The fourth-order valence-corrected chi connectivity index (χ4v) is 4.68. The zero-order valence-electron chi connectivity index (χ0n) is 18.2.